The summed E-state index contributed by atoms with van der Waals surface area (Å²) >= 11 is 0. The molecule has 0 radical (unpaired) electrons. The summed E-state index contributed by atoms with van der Waals surface area (Å²) in [4.78, 5) is 0. The number of methoxy groups -OCH3 is 1. The molecule has 2 N–H and O–H groups in total. The van der Waals surface area contributed by atoms with Gasteiger partial charge in [-0.05, 0) is 26.0 Å². The molecule has 0 aliphatic heterocycles. The Bertz CT molecular complexity index is 407. The van der Waals surface area contributed by atoms with Crippen LogP contribution >= 0.6 is 0 Å². The SMILES string of the molecule is COc1ccc(C(C)NCCCC(F)(F)F)c(O)c1. The van der Waals surface area contributed by atoms with E-state index in [2.05, 4.69) is 5.32 Å². The minimum atomic E-state index is -4.12. The highest BCUT2D eigenvalue weighted by Crippen LogP contribution is 2.28. The topological polar surface area (TPSA) is 41.5 Å². The van der Waals surface area contributed by atoms with Gasteiger partial charge in [0.15, 0.2) is 0 Å². The summed E-state index contributed by atoms with van der Waals surface area (Å²) < 4.78 is 40.9. The summed E-state index contributed by atoms with van der Waals surface area (Å²) in [6.07, 6.45) is -4.90. The van der Waals surface area contributed by atoms with Gasteiger partial charge in [0.05, 0.1) is 7.11 Å². The van der Waals surface area contributed by atoms with Crippen LogP contribution in [0.4, 0.5) is 13.2 Å². The number of aromatic hydroxyl groups is 1. The predicted octanol–water partition coefficient (Wildman–Crippen LogP) is 3.39. The van der Waals surface area contributed by atoms with Gasteiger partial charge in [0.1, 0.15) is 11.5 Å². The number of benzene rings is 1. The van der Waals surface area contributed by atoms with Crippen molar-refractivity contribution in [3.63, 3.8) is 0 Å². The van der Waals surface area contributed by atoms with Gasteiger partial charge >= 0.3 is 6.18 Å². The molecule has 0 bridgehead atoms. The Morgan fingerprint density at radius 3 is 2.58 bits per heavy atom. The van der Waals surface area contributed by atoms with Crippen molar-refractivity contribution in [2.75, 3.05) is 13.7 Å². The van der Waals surface area contributed by atoms with Crippen LogP contribution in [-0.2, 0) is 0 Å². The van der Waals surface area contributed by atoms with Crippen LogP contribution in [0.2, 0.25) is 0 Å². The molecular weight excluding hydrogens is 259 g/mol. The first-order valence-electron chi connectivity index (χ1n) is 6.00. The van der Waals surface area contributed by atoms with Crippen molar-refractivity contribution >= 4 is 0 Å². The Hall–Kier alpha value is -1.43. The Labute approximate surface area is 110 Å². The summed E-state index contributed by atoms with van der Waals surface area (Å²) in [5.41, 5.74) is 0.632. The molecule has 1 aromatic carbocycles. The van der Waals surface area contributed by atoms with E-state index in [0.717, 1.165) is 0 Å². The second-order valence-electron chi connectivity index (χ2n) is 4.32. The molecule has 3 nitrogen and oxygen atoms in total. The summed E-state index contributed by atoms with van der Waals surface area (Å²) in [7, 11) is 1.49. The van der Waals surface area contributed by atoms with Gasteiger partial charge in [0, 0.05) is 24.1 Å². The van der Waals surface area contributed by atoms with E-state index in [1.165, 1.54) is 13.2 Å². The molecule has 108 valence electrons. The molecule has 1 atom stereocenters. The lowest BCUT2D eigenvalue weighted by Gasteiger charge is -2.16. The molecule has 0 saturated heterocycles. The van der Waals surface area contributed by atoms with Gasteiger partial charge in [-0.1, -0.05) is 6.07 Å². The molecule has 1 aromatic rings. The third-order valence-corrected chi connectivity index (χ3v) is 2.79. The van der Waals surface area contributed by atoms with Crippen LogP contribution < -0.4 is 10.1 Å². The van der Waals surface area contributed by atoms with Gasteiger partial charge in [-0.2, -0.15) is 13.2 Å². The van der Waals surface area contributed by atoms with Gasteiger partial charge < -0.3 is 15.2 Å². The minimum absolute atomic E-state index is 0.0186. The molecule has 0 aliphatic carbocycles. The summed E-state index contributed by atoms with van der Waals surface area (Å²) in [5, 5.41) is 12.7. The average Bonchev–Trinajstić information content (AvgIpc) is 2.33. The standard InChI is InChI=1S/C13H18F3NO2/c1-9(17-7-3-6-13(14,15)16)11-5-4-10(19-2)8-12(11)18/h4-5,8-9,17-18H,3,6-7H2,1-2H3. The highest BCUT2D eigenvalue weighted by atomic mass is 19.4. The number of ether oxygens (including phenoxy) is 1. The van der Waals surface area contributed by atoms with E-state index in [0.29, 0.717) is 11.3 Å². The zero-order valence-electron chi connectivity index (χ0n) is 10.9. The van der Waals surface area contributed by atoms with Crippen LogP contribution in [0.1, 0.15) is 31.4 Å². The molecule has 0 aliphatic rings. The van der Waals surface area contributed by atoms with Gasteiger partial charge in [0.25, 0.3) is 0 Å². The Morgan fingerprint density at radius 1 is 1.37 bits per heavy atom. The van der Waals surface area contributed by atoms with E-state index in [1.54, 1.807) is 19.1 Å². The average molecular weight is 277 g/mol. The first kappa shape index (κ1) is 15.6. The van der Waals surface area contributed by atoms with Gasteiger partial charge in [-0.15, -0.1) is 0 Å². The highest BCUT2D eigenvalue weighted by Gasteiger charge is 2.26. The number of hydrogen-bond donors (Lipinski definition) is 2. The lowest BCUT2D eigenvalue weighted by Crippen LogP contribution is -2.21. The maximum atomic E-state index is 12.0. The van der Waals surface area contributed by atoms with Crippen LogP contribution in [0.15, 0.2) is 18.2 Å². The maximum absolute atomic E-state index is 12.0. The van der Waals surface area contributed by atoms with E-state index in [4.69, 9.17) is 4.74 Å². The second kappa shape index (κ2) is 6.65. The number of halogens is 3. The van der Waals surface area contributed by atoms with Crippen molar-refractivity contribution in [2.24, 2.45) is 0 Å². The zero-order valence-corrected chi connectivity index (χ0v) is 10.9. The largest absolute Gasteiger partial charge is 0.507 e. The van der Waals surface area contributed by atoms with E-state index < -0.39 is 12.6 Å². The molecule has 0 saturated carbocycles. The number of phenolic OH excluding ortho intramolecular Hbond substituents is 1. The molecule has 1 rings (SSSR count). The van der Waals surface area contributed by atoms with Crippen LogP contribution in [0.25, 0.3) is 0 Å². The first-order chi connectivity index (χ1) is 8.83. The predicted molar refractivity (Wildman–Crippen MR) is 66.4 cm³/mol. The van der Waals surface area contributed by atoms with E-state index in [-0.39, 0.29) is 24.8 Å². The fraction of sp³-hybridized carbons (Fsp3) is 0.538. The van der Waals surface area contributed by atoms with Crippen LogP contribution in [0.3, 0.4) is 0 Å². The minimum Gasteiger partial charge on any atom is -0.507 e. The molecule has 0 aromatic heterocycles. The van der Waals surface area contributed by atoms with Gasteiger partial charge in [-0.3, -0.25) is 0 Å². The quantitative estimate of drug-likeness (QED) is 0.783. The van der Waals surface area contributed by atoms with Crippen molar-refractivity contribution in [2.45, 2.75) is 32.0 Å². The van der Waals surface area contributed by atoms with Gasteiger partial charge in [-0.25, -0.2) is 0 Å². The fourth-order valence-corrected chi connectivity index (χ4v) is 1.73. The third kappa shape index (κ3) is 5.38. The Kier molecular flexibility index (Phi) is 5.47. The number of hydrogen-bond acceptors (Lipinski definition) is 3. The molecule has 0 heterocycles. The molecule has 0 spiro atoms. The first-order valence-corrected chi connectivity index (χ1v) is 6.00. The highest BCUT2D eigenvalue weighted by molar-refractivity contribution is 5.41. The fourth-order valence-electron chi connectivity index (χ4n) is 1.73. The van der Waals surface area contributed by atoms with Crippen molar-refractivity contribution in [3.8, 4) is 11.5 Å². The number of rotatable bonds is 6. The normalized spacial score (nSPS) is 13.3. The van der Waals surface area contributed by atoms with Crippen molar-refractivity contribution in [3.05, 3.63) is 23.8 Å². The van der Waals surface area contributed by atoms with Crippen LogP contribution in [-0.4, -0.2) is 24.9 Å². The summed E-state index contributed by atoms with van der Waals surface area (Å²) in [6, 6.07) is 4.64. The smallest absolute Gasteiger partial charge is 0.389 e. The lowest BCUT2D eigenvalue weighted by atomic mass is 10.1. The van der Waals surface area contributed by atoms with E-state index in [1.807, 2.05) is 0 Å². The molecule has 0 amide bonds. The maximum Gasteiger partial charge on any atom is 0.389 e. The molecule has 1 unspecified atom stereocenters. The molecular formula is C13H18F3NO2. The number of nitrogens with one attached hydrogen (secondary N) is 1. The van der Waals surface area contributed by atoms with Crippen molar-refractivity contribution < 1.29 is 23.0 Å². The second-order valence-corrected chi connectivity index (χ2v) is 4.32. The molecule has 19 heavy (non-hydrogen) atoms. The Balaban J connectivity index is 2.47. The molecule has 6 heteroatoms. The van der Waals surface area contributed by atoms with E-state index in [9.17, 15) is 18.3 Å². The van der Waals surface area contributed by atoms with Crippen molar-refractivity contribution in [1.82, 2.24) is 5.32 Å². The Morgan fingerprint density at radius 2 is 2.05 bits per heavy atom. The number of phenols is 1. The third-order valence-electron chi connectivity index (χ3n) is 2.79. The monoisotopic (exact) mass is 277 g/mol. The summed E-state index contributed by atoms with van der Waals surface area (Å²) in [5.74, 6) is 0.598. The summed E-state index contributed by atoms with van der Waals surface area (Å²) in [6.45, 7) is 2.03. The molecule has 0 fully saturated rings. The lowest BCUT2D eigenvalue weighted by molar-refractivity contribution is -0.135. The number of alkyl halides is 3. The zero-order chi connectivity index (χ0) is 14.5. The van der Waals surface area contributed by atoms with Gasteiger partial charge in [0.2, 0.25) is 0 Å². The van der Waals surface area contributed by atoms with E-state index >= 15 is 0 Å². The van der Waals surface area contributed by atoms with Crippen LogP contribution in [0.5, 0.6) is 11.5 Å². The van der Waals surface area contributed by atoms with Crippen LogP contribution in [0, 0.1) is 0 Å². The van der Waals surface area contributed by atoms with Crippen molar-refractivity contribution in [1.29, 1.82) is 0 Å².